The lowest BCUT2D eigenvalue weighted by Crippen LogP contribution is -2.33. The molecule has 2 aromatic carbocycles. The van der Waals surface area contributed by atoms with Crippen LogP contribution in [0.3, 0.4) is 0 Å². The van der Waals surface area contributed by atoms with Crippen LogP contribution in [-0.2, 0) is 15.8 Å². The molecule has 2 aromatic rings. The first-order valence-electron chi connectivity index (χ1n) is 9.79. The molecule has 0 bridgehead atoms. The summed E-state index contributed by atoms with van der Waals surface area (Å²) in [4.78, 5) is 19.4. The first-order valence-corrected chi connectivity index (χ1v) is 13.0. The highest BCUT2D eigenvalue weighted by Gasteiger charge is 2.28. The number of carbonyl (C=O) groups excluding carboxylic acids is 1. The van der Waals surface area contributed by atoms with Crippen molar-refractivity contribution in [1.29, 1.82) is 0 Å². The fraction of sp³-hybridized carbons (Fsp3) is 0.333. The maximum atomic E-state index is 13.0. The highest BCUT2D eigenvalue weighted by atomic mass is 79.9. The maximum absolute atomic E-state index is 13.0. The van der Waals surface area contributed by atoms with Crippen molar-refractivity contribution in [3.8, 4) is 0 Å². The lowest BCUT2D eigenvalue weighted by Gasteiger charge is -2.19. The van der Waals surface area contributed by atoms with Crippen molar-refractivity contribution < 1.29 is 13.2 Å². The Kier molecular flexibility index (Phi) is 6.62. The van der Waals surface area contributed by atoms with Gasteiger partial charge in [-0.15, -0.1) is 0 Å². The molecular weight excluding hydrogens is 486 g/mol. The van der Waals surface area contributed by atoms with E-state index in [1.807, 2.05) is 24.3 Å². The monoisotopic (exact) mass is 507 g/mol. The van der Waals surface area contributed by atoms with E-state index in [-0.39, 0.29) is 10.8 Å². The molecule has 1 fully saturated rings. The minimum Gasteiger partial charge on any atom is -0.286 e. The summed E-state index contributed by atoms with van der Waals surface area (Å²) in [6, 6.07) is 14.3. The molecule has 0 atom stereocenters. The smallest absolute Gasteiger partial charge is 0.259 e. The van der Waals surface area contributed by atoms with Crippen molar-refractivity contribution in [2.45, 2.75) is 23.5 Å². The van der Waals surface area contributed by atoms with Gasteiger partial charge in [0.15, 0.2) is 5.17 Å². The van der Waals surface area contributed by atoms with Gasteiger partial charge >= 0.3 is 0 Å². The van der Waals surface area contributed by atoms with Gasteiger partial charge in [-0.3, -0.25) is 14.7 Å². The zero-order chi connectivity index (χ0) is 21.1. The Morgan fingerprint density at radius 2 is 1.67 bits per heavy atom. The summed E-state index contributed by atoms with van der Waals surface area (Å²) >= 11 is 4.97. The minimum atomic E-state index is -3.48. The van der Waals surface area contributed by atoms with E-state index in [2.05, 4.69) is 20.9 Å². The van der Waals surface area contributed by atoms with Gasteiger partial charge in [-0.1, -0.05) is 39.8 Å². The number of benzene rings is 2. The number of amides is 1. The average Bonchev–Trinajstić information content (AvgIpc) is 3.45. The largest absolute Gasteiger partial charge is 0.286 e. The number of hydrogen-bond donors (Lipinski definition) is 0. The van der Waals surface area contributed by atoms with Gasteiger partial charge in [-0.2, -0.15) is 4.31 Å². The maximum Gasteiger partial charge on any atom is 0.259 e. The van der Waals surface area contributed by atoms with E-state index in [1.54, 1.807) is 17.0 Å². The fourth-order valence-electron chi connectivity index (χ4n) is 3.47. The average molecular weight is 508 g/mol. The molecule has 158 valence electrons. The topological polar surface area (TPSA) is 70.1 Å². The van der Waals surface area contributed by atoms with E-state index >= 15 is 0 Å². The van der Waals surface area contributed by atoms with E-state index in [9.17, 15) is 13.2 Å². The summed E-state index contributed by atoms with van der Waals surface area (Å²) in [5, 5.41) is 0.705. The molecule has 0 radical (unpaired) electrons. The van der Waals surface area contributed by atoms with Gasteiger partial charge in [0, 0.05) is 35.4 Å². The Balaban J connectivity index is 1.43. The summed E-state index contributed by atoms with van der Waals surface area (Å²) in [5.41, 5.74) is 1.62. The second kappa shape index (κ2) is 9.21. The van der Waals surface area contributed by atoms with Gasteiger partial charge in [-0.05, 0) is 54.8 Å². The predicted molar refractivity (Wildman–Crippen MR) is 123 cm³/mol. The molecule has 0 aliphatic carbocycles. The van der Waals surface area contributed by atoms with Gasteiger partial charge in [0.1, 0.15) is 0 Å². The lowest BCUT2D eigenvalue weighted by atomic mass is 10.2. The van der Waals surface area contributed by atoms with E-state index < -0.39 is 10.0 Å². The zero-order valence-electron chi connectivity index (χ0n) is 16.3. The molecule has 0 saturated carbocycles. The summed E-state index contributed by atoms with van der Waals surface area (Å²) in [5.74, 6) is 0.572. The first-order chi connectivity index (χ1) is 14.4. The van der Waals surface area contributed by atoms with Crippen LogP contribution in [0.4, 0.5) is 0 Å². The van der Waals surface area contributed by atoms with Crippen molar-refractivity contribution in [3.05, 3.63) is 64.1 Å². The molecule has 4 rings (SSSR count). The Bertz CT molecular complexity index is 1050. The van der Waals surface area contributed by atoms with Crippen LogP contribution in [0.1, 0.15) is 28.8 Å². The van der Waals surface area contributed by atoms with Crippen molar-refractivity contribution >= 4 is 48.8 Å². The Morgan fingerprint density at radius 1 is 1.00 bits per heavy atom. The molecule has 0 unspecified atom stereocenters. The third-order valence-electron chi connectivity index (χ3n) is 5.13. The predicted octanol–water partition coefficient (Wildman–Crippen LogP) is 3.98. The van der Waals surface area contributed by atoms with Gasteiger partial charge in [0.2, 0.25) is 10.0 Å². The highest BCUT2D eigenvalue weighted by molar-refractivity contribution is 9.10. The lowest BCUT2D eigenvalue weighted by molar-refractivity contribution is 0.0860. The molecule has 30 heavy (non-hydrogen) atoms. The Hall–Kier alpha value is -1.68. The third-order valence-corrected chi connectivity index (χ3v) is 8.66. The Labute approximate surface area is 189 Å². The Morgan fingerprint density at radius 3 is 2.33 bits per heavy atom. The molecule has 1 saturated heterocycles. The third kappa shape index (κ3) is 4.64. The molecule has 6 nitrogen and oxygen atoms in total. The number of amidine groups is 1. The fourth-order valence-corrected chi connectivity index (χ4v) is 6.25. The minimum absolute atomic E-state index is 0.153. The number of aliphatic imine (C=N–C) groups is 1. The second-order valence-electron chi connectivity index (χ2n) is 7.17. The number of nitrogens with zero attached hydrogens (tertiary/aromatic N) is 3. The molecule has 1 amide bonds. The molecule has 0 aromatic heterocycles. The van der Waals surface area contributed by atoms with Gasteiger partial charge in [0.25, 0.3) is 5.91 Å². The number of halogens is 1. The summed E-state index contributed by atoms with van der Waals surface area (Å²) in [6.07, 6.45) is 1.79. The SMILES string of the molecule is O=C(c1ccc(S(=O)(=O)N2CCCC2)cc1)N1CCN=C1SCc1ccc(Br)cc1. The standard InChI is InChI=1S/C21H22BrN3O3S2/c22-18-7-3-16(4-8-18)15-29-21-23-11-14-25(21)20(26)17-5-9-19(10-6-17)30(27,28)24-12-1-2-13-24/h3-10H,1-2,11-15H2. The van der Waals surface area contributed by atoms with Crippen LogP contribution < -0.4 is 0 Å². The highest BCUT2D eigenvalue weighted by Crippen LogP contribution is 2.24. The van der Waals surface area contributed by atoms with Crippen LogP contribution in [-0.4, -0.2) is 54.9 Å². The van der Waals surface area contributed by atoms with Crippen LogP contribution >= 0.6 is 27.7 Å². The molecule has 0 spiro atoms. The van der Waals surface area contributed by atoms with Crippen molar-refractivity contribution in [2.75, 3.05) is 26.2 Å². The van der Waals surface area contributed by atoms with Crippen LogP contribution in [0.5, 0.6) is 0 Å². The van der Waals surface area contributed by atoms with Crippen LogP contribution in [0.25, 0.3) is 0 Å². The quantitative estimate of drug-likeness (QED) is 0.613. The number of rotatable bonds is 5. The van der Waals surface area contributed by atoms with Crippen molar-refractivity contribution in [1.82, 2.24) is 9.21 Å². The molecule has 9 heteroatoms. The van der Waals surface area contributed by atoms with E-state index in [0.29, 0.717) is 36.9 Å². The zero-order valence-corrected chi connectivity index (χ0v) is 19.5. The molecule has 0 N–H and O–H groups in total. The van der Waals surface area contributed by atoms with Crippen molar-refractivity contribution in [3.63, 3.8) is 0 Å². The van der Waals surface area contributed by atoms with Gasteiger partial charge in [-0.25, -0.2) is 8.42 Å². The van der Waals surface area contributed by atoms with E-state index in [1.165, 1.54) is 28.2 Å². The first kappa shape index (κ1) is 21.5. The number of hydrogen-bond acceptors (Lipinski definition) is 5. The molecule has 2 aliphatic heterocycles. The van der Waals surface area contributed by atoms with Crippen LogP contribution in [0.15, 0.2) is 62.9 Å². The van der Waals surface area contributed by atoms with Crippen LogP contribution in [0, 0.1) is 0 Å². The second-order valence-corrected chi connectivity index (χ2v) is 11.0. The van der Waals surface area contributed by atoms with Crippen molar-refractivity contribution in [2.24, 2.45) is 4.99 Å². The summed E-state index contributed by atoms with van der Waals surface area (Å²) in [6.45, 7) is 2.24. The number of thioether (sulfide) groups is 1. The van der Waals surface area contributed by atoms with E-state index in [0.717, 1.165) is 28.6 Å². The molecule has 2 heterocycles. The summed E-state index contributed by atoms with van der Waals surface area (Å²) in [7, 11) is -3.48. The normalized spacial score (nSPS) is 17.4. The number of carbonyl (C=O) groups is 1. The van der Waals surface area contributed by atoms with Gasteiger partial charge in [0.05, 0.1) is 11.4 Å². The van der Waals surface area contributed by atoms with Gasteiger partial charge < -0.3 is 0 Å². The molecular formula is C21H22BrN3O3S2. The number of sulfonamides is 1. The molecule has 2 aliphatic rings. The van der Waals surface area contributed by atoms with Crippen LogP contribution in [0.2, 0.25) is 0 Å². The summed E-state index contributed by atoms with van der Waals surface area (Å²) < 4.78 is 27.9. The van der Waals surface area contributed by atoms with E-state index in [4.69, 9.17) is 0 Å².